The van der Waals surface area contributed by atoms with Crippen LogP contribution in [-0.2, 0) is 0 Å². The van der Waals surface area contributed by atoms with Gasteiger partial charge in [-0.1, -0.05) is 176 Å². The molecule has 11 rings (SSSR count). The summed E-state index contributed by atoms with van der Waals surface area (Å²) in [5, 5.41) is 15.2. The summed E-state index contributed by atoms with van der Waals surface area (Å²) in [6.45, 7) is 0. The molecule has 0 heterocycles. The average molecular weight is 683 g/mol. The smallest absolute Gasteiger partial charge is 0.00201 e. The second-order valence-corrected chi connectivity index (χ2v) is 14.4. The zero-order chi connectivity index (χ0) is 35.6. The van der Waals surface area contributed by atoms with E-state index < -0.39 is 0 Å². The van der Waals surface area contributed by atoms with Crippen LogP contribution in [0.1, 0.15) is 0 Å². The fraction of sp³-hybridized carbons (Fsp3) is 0. The highest BCUT2D eigenvalue weighted by atomic mass is 14.2. The highest BCUT2D eigenvalue weighted by Crippen LogP contribution is 2.47. The van der Waals surface area contributed by atoms with E-state index in [2.05, 4.69) is 206 Å². The minimum atomic E-state index is 1.21. The van der Waals surface area contributed by atoms with Gasteiger partial charge in [-0.05, 0) is 139 Å². The van der Waals surface area contributed by atoms with Crippen LogP contribution in [0.5, 0.6) is 0 Å². The van der Waals surface area contributed by atoms with E-state index in [0.29, 0.717) is 0 Å². The molecule has 0 aliphatic rings. The number of hydrogen-bond acceptors (Lipinski definition) is 0. The fourth-order valence-electron chi connectivity index (χ4n) is 8.93. The number of hydrogen-bond donors (Lipinski definition) is 0. The van der Waals surface area contributed by atoms with E-state index in [1.54, 1.807) is 0 Å². The zero-order valence-corrected chi connectivity index (χ0v) is 29.6. The van der Waals surface area contributed by atoms with Crippen LogP contribution in [0.3, 0.4) is 0 Å². The first-order valence-electron chi connectivity index (χ1n) is 18.8. The molecule has 0 atom stereocenters. The van der Waals surface area contributed by atoms with Crippen LogP contribution >= 0.6 is 0 Å². The Balaban J connectivity index is 1.22. The second kappa shape index (κ2) is 12.3. The fourth-order valence-corrected chi connectivity index (χ4v) is 8.93. The first kappa shape index (κ1) is 30.6. The van der Waals surface area contributed by atoms with Crippen LogP contribution in [0.25, 0.3) is 109 Å². The second-order valence-electron chi connectivity index (χ2n) is 14.4. The SMILES string of the molecule is c1ccc(-c2cc(-c3cccc4ccccc34)cc(-c3c4ccccc4c(-c4cccc5c4ccc4cc6ccccc6cc45)c4ccccc34)c2)cc1. The monoisotopic (exact) mass is 682 g/mol. The van der Waals surface area contributed by atoms with Crippen LogP contribution in [0.15, 0.2) is 206 Å². The molecular formula is C54H34. The molecule has 54 heavy (non-hydrogen) atoms. The molecule has 250 valence electrons. The van der Waals surface area contributed by atoms with Gasteiger partial charge in [0.05, 0.1) is 0 Å². The van der Waals surface area contributed by atoms with E-state index in [1.165, 1.54) is 109 Å². The Morgan fingerprint density at radius 3 is 1.44 bits per heavy atom. The summed E-state index contributed by atoms with van der Waals surface area (Å²) in [6, 6.07) is 76.2. The Morgan fingerprint density at radius 1 is 0.185 bits per heavy atom. The van der Waals surface area contributed by atoms with E-state index in [9.17, 15) is 0 Å². The number of rotatable bonds is 4. The molecule has 0 nitrogen and oxygen atoms in total. The maximum absolute atomic E-state index is 2.41. The molecule has 0 spiro atoms. The molecule has 0 aliphatic carbocycles. The van der Waals surface area contributed by atoms with Crippen LogP contribution in [-0.4, -0.2) is 0 Å². The predicted molar refractivity (Wildman–Crippen MR) is 233 cm³/mol. The van der Waals surface area contributed by atoms with Gasteiger partial charge in [0.1, 0.15) is 0 Å². The summed E-state index contributed by atoms with van der Waals surface area (Å²) in [6.07, 6.45) is 0. The summed E-state index contributed by atoms with van der Waals surface area (Å²) >= 11 is 0. The van der Waals surface area contributed by atoms with Gasteiger partial charge < -0.3 is 0 Å². The van der Waals surface area contributed by atoms with Crippen molar-refractivity contribution in [3.8, 4) is 44.5 Å². The Labute approximate surface area is 314 Å². The Kier molecular flexibility index (Phi) is 6.97. The van der Waals surface area contributed by atoms with Crippen molar-refractivity contribution in [2.75, 3.05) is 0 Å². The van der Waals surface area contributed by atoms with Crippen LogP contribution in [0.2, 0.25) is 0 Å². The van der Waals surface area contributed by atoms with Crippen molar-refractivity contribution in [3.05, 3.63) is 206 Å². The summed E-state index contributed by atoms with van der Waals surface area (Å²) in [5.41, 5.74) is 9.90. The van der Waals surface area contributed by atoms with Gasteiger partial charge in [-0.25, -0.2) is 0 Å². The Hall–Kier alpha value is -7.02. The molecule has 0 aliphatic heterocycles. The topological polar surface area (TPSA) is 0 Å². The molecule has 0 saturated carbocycles. The van der Waals surface area contributed by atoms with Gasteiger partial charge in [0, 0.05) is 0 Å². The van der Waals surface area contributed by atoms with Crippen molar-refractivity contribution in [3.63, 3.8) is 0 Å². The lowest BCUT2D eigenvalue weighted by Crippen LogP contribution is -1.93. The van der Waals surface area contributed by atoms with Gasteiger partial charge in [0.15, 0.2) is 0 Å². The average Bonchev–Trinajstić information content (AvgIpc) is 3.24. The third-order valence-corrected chi connectivity index (χ3v) is 11.4. The van der Waals surface area contributed by atoms with Crippen molar-refractivity contribution in [1.29, 1.82) is 0 Å². The lowest BCUT2D eigenvalue weighted by molar-refractivity contribution is 1.59. The van der Waals surface area contributed by atoms with Gasteiger partial charge in [-0.15, -0.1) is 0 Å². The van der Waals surface area contributed by atoms with Gasteiger partial charge in [-0.3, -0.25) is 0 Å². The quantitative estimate of drug-likeness (QED) is 0.128. The molecule has 11 aromatic rings. The van der Waals surface area contributed by atoms with Gasteiger partial charge in [0.25, 0.3) is 0 Å². The summed E-state index contributed by atoms with van der Waals surface area (Å²) < 4.78 is 0. The van der Waals surface area contributed by atoms with E-state index in [-0.39, 0.29) is 0 Å². The van der Waals surface area contributed by atoms with Crippen LogP contribution < -0.4 is 0 Å². The molecule has 0 heteroatoms. The summed E-state index contributed by atoms with van der Waals surface area (Å²) in [5.74, 6) is 0. The first-order chi connectivity index (χ1) is 26.8. The van der Waals surface area contributed by atoms with Crippen LogP contribution in [0.4, 0.5) is 0 Å². The number of fused-ring (bicyclic) bond motifs is 7. The highest BCUT2D eigenvalue weighted by Gasteiger charge is 2.20. The summed E-state index contributed by atoms with van der Waals surface area (Å²) in [4.78, 5) is 0. The molecule has 11 aromatic carbocycles. The van der Waals surface area contributed by atoms with Crippen molar-refractivity contribution in [2.45, 2.75) is 0 Å². The Morgan fingerprint density at radius 2 is 0.704 bits per heavy atom. The molecule has 0 N–H and O–H groups in total. The van der Waals surface area contributed by atoms with E-state index in [4.69, 9.17) is 0 Å². The third kappa shape index (κ3) is 4.85. The van der Waals surface area contributed by atoms with E-state index >= 15 is 0 Å². The normalized spacial score (nSPS) is 11.7. The van der Waals surface area contributed by atoms with Gasteiger partial charge >= 0.3 is 0 Å². The third-order valence-electron chi connectivity index (χ3n) is 11.4. The lowest BCUT2D eigenvalue weighted by atomic mass is 9.83. The largest absolute Gasteiger partial charge is 0.0622 e. The van der Waals surface area contributed by atoms with Crippen molar-refractivity contribution in [2.24, 2.45) is 0 Å². The molecule has 0 bridgehead atoms. The standard InChI is InChI=1S/C54H34/c1-2-14-35(15-3-1)40-31-41(44-25-12-19-36-16-6-7-20-43(36)44)33-42(32-40)53-48-21-8-10-23-50(48)54(51-24-11-9-22-49(51)53)47-27-13-26-45-46(47)29-28-39-30-37-17-4-5-18-38(37)34-52(39)45/h1-34H. The molecule has 0 aromatic heterocycles. The van der Waals surface area contributed by atoms with Crippen molar-refractivity contribution < 1.29 is 0 Å². The Bertz CT molecular complexity index is 3200. The molecule has 0 amide bonds. The summed E-state index contributed by atoms with van der Waals surface area (Å²) in [7, 11) is 0. The van der Waals surface area contributed by atoms with Crippen LogP contribution in [0, 0.1) is 0 Å². The van der Waals surface area contributed by atoms with Gasteiger partial charge in [0.2, 0.25) is 0 Å². The minimum absolute atomic E-state index is 1.21. The molecular weight excluding hydrogens is 649 g/mol. The first-order valence-corrected chi connectivity index (χ1v) is 18.8. The molecule has 0 saturated heterocycles. The predicted octanol–water partition coefficient (Wildman–Crippen LogP) is 15.3. The van der Waals surface area contributed by atoms with E-state index in [1.807, 2.05) is 0 Å². The lowest BCUT2D eigenvalue weighted by Gasteiger charge is -2.20. The maximum atomic E-state index is 2.41. The minimum Gasteiger partial charge on any atom is -0.0622 e. The highest BCUT2D eigenvalue weighted by molar-refractivity contribution is 6.25. The van der Waals surface area contributed by atoms with Crippen molar-refractivity contribution >= 4 is 64.6 Å². The van der Waals surface area contributed by atoms with Gasteiger partial charge in [-0.2, -0.15) is 0 Å². The van der Waals surface area contributed by atoms with E-state index in [0.717, 1.165) is 0 Å². The molecule has 0 radical (unpaired) electrons. The maximum Gasteiger partial charge on any atom is -0.00201 e. The van der Waals surface area contributed by atoms with Crippen molar-refractivity contribution in [1.82, 2.24) is 0 Å². The molecule has 0 unspecified atom stereocenters. The molecule has 0 fully saturated rings. The number of benzene rings is 11. The zero-order valence-electron chi connectivity index (χ0n) is 29.6.